The molecule has 0 bridgehead atoms. The monoisotopic (exact) mass is 378 g/mol. The fourth-order valence-corrected chi connectivity index (χ4v) is 3.41. The minimum atomic E-state index is 0.107. The van der Waals surface area contributed by atoms with Gasteiger partial charge in [-0.05, 0) is 37.1 Å². The molecular weight excluding hydrogens is 352 g/mol. The largest absolute Gasteiger partial charge is 0.488 e. The van der Waals surface area contributed by atoms with Crippen molar-refractivity contribution < 1.29 is 4.74 Å². The minimum Gasteiger partial charge on any atom is -0.488 e. The van der Waals surface area contributed by atoms with E-state index >= 15 is 0 Å². The summed E-state index contributed by atoms with van der Waals surface area (Å²) in [6.07, 6.45) is 4.84. The topological polar surface area (TPSA) is 75.8 Å². The molecule has 3 aromatic rings. The van der Waals surface area contributed by atoms with Crippen LogP contribution in [0.2, 0.25) is 0 Å². The molecule has 2 N–H and O–H groups in total. The van der Waals surface area contributed by atoms with Gasteiger partial charge in [0.15, 0.2) is 11.6 Å². The summed E-state index contributed by atoms with van der Waals surface area (Å²) in [6, 6.07) is 14.1. The lowest BCUT2D eigenvalue weighted by atomic mass is 10.1. The highest BCUT2D eigenvalue weighted by Gasteiger charge is 2.21. The first-order valence-electron chi connectivity index (χ1n) is 9.89. The zero-order valence-electron chi connectivity index (χ0n) is 16.1. The predicted octanol–water partition coefficient (Wildman–Crippen LogP) is 2.22. The van der Waals surface area contributed by atoms with Gasteiger partial charge in [-0.3, -0.25) is 4.40 Å². The van der Waals surface area contributed by atoms with E-state index in [9.17, 15) is 0 Å². The van der Waals surface area contributed by atoms with Gasteiger partial charge in [0, 0.05) is 32.1 Å². The number of nitrogens with one attached hydrogen (secondary N) is 2. The van der Waals surface area contributed by atoms with E-state index in [0.29, 0.717) is 6.54 Å². The Morgan fingerprint density at radius 3 is 2.96 bits per heavy atom. The molecule has 28 heavy (non-hydrogen) atoms. The molecule has 2 aromatic heterocycles. The average molecular weight is 378 g/mol. The Labute approximate surface area is 164 Å². The first-order valence-corrected chi connectivity index (χ1v) is 9.89. The van der Waals surface area contributed by atoms with Crippen molar-refractivity contribution in [1.82, 2.24) is 25.2 Å². The van der Waals surface area contributed by atoms with Crippen LogP contribution in [0.15, 0.2) is 53.7 Å². The van der Waals surface area contributed by atoms with E-state index in [2.05, 4.69) is 39.9 Å². The molecule has 3 heterocycles. The van der Waals surface area contributed by atoms with Crippen LogP contribution in [0, 0.1) is 0 Å². The molecule has 0 fully saturated rings. The van der Waals surface area contributed by atoms with Gasteiger partial charge in [0.05, 0.1) is 6.54 Å². The van der Waals surface area contributed by atoms with Gasteiger partial charge in [-0.25, -0.2) is 4.99 Å². The van der Waals surface area contributed by atoms with E-state index in [1.54, 1.807) is 0 Å². The van der Waals surface area contributed by atoms with E-state index in [1.807, 2.05) is 40.9 Å². The van der Waals surface area contributed by atoms with Crippen LogP contribution >= 0.6 is 0 Å². The number of guanidine groups is 1. The smallest absolute Gasteiger partial charge is 0.191 e. The second-order valence-electron chi connectivity index (χ2n) is 6.85. The molecular formula is C21H26N6O. The normalized spacial score (nSPS) is 16.0. The maximum Gasteiger partial charge on any atom is 0.191 e. The number of aliphatic imine (C=N–C) groups is 1. The van der Waals surface area contributed by atoms with Crippen LogP contribution in [0.5, 0.6) is 5.75 Å². The quantitative estimate of drug-likeness (QED) is 0.375. The molecule has 1 aliphatic rings. The van der Waals surface area contributed by atoms with Crippen molar-refractivity contribution in [3.8, 4) is 5.75 Å². The van der Waals surface area contributed by atoms with Crippen LogP contribution in [0.25, 0.3) is 5.65 Å². The van der Waals surface area contributed by atoms with Crippen molar-refractivity contribution in [1.29, 1.82) is 0 Å². The molecule has 7 heteroatoms. The van der Waals surface area contributed by atoms with Crippen molar-refractivity contribution >= 4 is 11.6 Å². The van der Waals surface area contributed by atoms with Crippen molar-refractivity contribution in [3.63, 3.8) is 0 Å². The summed E-state index contributed by atoms with van der Waals surface area (Å²) >= 11 is 0. The Kier molecular flexibility index (Phi) is 5.70. The van der Waals surface area contributed by atoms with Crippen LogP contribution in [-0.2, 0) is 12.8 Å². The first-order chi connectivity index (χ1) is 13.8. The molecule has 1 aromatic carbocycles. The van der Waals surface area contributed by atoms with Crippen LogP contribution in [0.1, 0.15) is 24.7 Å². The SMILES string of the molecule is CCNC(=NCC1Cc2ccccc2O1)NCCCc1nnc2ccccn12. The summed E-state index contributed by atoms with van der Waals surface area (Å²) < 4.78 is 8.01. The fourth-order valence-electron chi connectivity index (χ4n) is 3.41. The number of rotatable bonds is 7. The molecule has 1 unspecified atom stereocenters. The number of para-hydroxylation sites is 1. The fraction of sp³-hybridized carbons (Fsp3) is 0.381. The predicted molar refractivity (Wildman–Crippen MR) is 110 cm³/mol. The lowest BCUT2D eigenvalue weighted by Gasteiger charge is -2.13. The van der Waals surface area contributed by atoms with Crippen molar-refractivity contribution in [2.45, 2.75) is 32.3 Å². The lowest BCUT2D eigenvalue weighted by molar-refractivity contribution is 0.241. The number of pyridine rings is 1. The third kappa shape index (κ3) is 4.24. The van der Waals surface area contributed by atoms with Crippen molar-refractivity contribution in [3.05, 3.63) is 60.0 Å². The third-order valence-corrected chi connectivity index (χ3v) is 4.77. The summed E-state index contributed by atoms with van der Waals surface area (Å²) in [5, 5.41) is 15.2. The lowest BCUT2D eigenvalue weighted by Crippen LogP contribution is -2.38. The second-order valence-corrected chi connectivity index (χ2v) is 6.85. The van der Waals surface area contributed by atoms with Crippen LogP contribution < -0.4 is 15.4 Å². The number of benzene rings is 1. The molecule has 4 rings (SSSR count). The third-order valence-electron chi connectivity index (χ3n) is 4.77. The van der Waals surface area contributed by atoms with Gasteiger partial charge < -0.3 is 15.4 Å². The van der Waals surface area contributed by atoms with Gasteiger partial charge in [0.2, 0.25) is 0 Å². The number of hydrogen-bond donors (Lipinski definition) is 2. The van der Waals surface area contributed by atoms with Crippen LogP contribution in [0.4, 0.5) is 0 Å². The highest BCUT2D eigenvalue weighted by atomic mass is 16.5. The van der Waals surface area contributed by atoms with Gasteiger partial charge in [-0.2, -0.15) is 0 Å². The highest BCUT2D eigenvalue weighted by molar-refractivity contribution is 5.79. The van der Waals surface area contributed by atoms with Crippen LogP contribution in [-0.4, -0.2) is 46.3 Å². The summed E-state index contributed by atoms with van der Waals surface area (Å²) in [4.78, 5) is 4.70. The zero-order chi connectivity index (χ0) is 19.2. The number of ether oxygens (including phenoxy) is 1. The average Bonchev–Trinajstić information content (AvgIpc) is 3.33. The summed E-state index contributed by atoms with van der Waals surface area (Å²) in [5.74, 6) is 2.80. The summed E-state index contributed by atoms with van der Waals surface area (Å²) in [7, 11) is 0. The highest BCUT2D eigenvalue weighted by Crippen LogP contribution is 2.28. The zero-order valence-corrected chi connectivity index (χ0v) is 16.1. The van der Waals surface area contributed by atoms with Crippen LogP contribution in [0.3, 0.4) is 0 Å². The van der Waals surface area contributed by atoms with Gasteiger partial charge in [-0.1, -0.05) is 24.3 Å². The Balaban J connectivity index is 1.26. The molecule has 0 radical (unpaired) electrons. The Morgan fingerprint density at radius 2 is 2.07 bits per heavy atom. The maximum atomic E-state index is 5.97. The molecule has 0 aliphatic carbocycles. The van der Waals surface area contributed by atoms with E-state index in [1.165, 1.54) is 5.56 Å². The number of aromatic nitrogens is 3. The standard InChI is InChI=1S/C21H26N6O/c1-2-22-21(24-15-17-14-16-8-3-4-9-18(16)28-17)23-12-7-11-20-26-25-19-10-5-6-13-27(19)20/h3-6,8-10,13,17H,2,7,11-12,14-15H2,1H3,(H2,22,23,24). The molecule has 7 nitrogen and oxygen atoms in total. The van der Waals surface area contributed by atoms with Gasteiger partial charge >= 0.3 is 0 Å². The molecule has 0 spiro atoms. The van der Waals surface area contributed by atoms with E-state index in [-0.39, 0.29) is 6.10 Å². The first kappa shape index (κ1) is 18.3. The molecule has 1 aliphatic heterocycles. The minimum absolute atomic E-state index is 0.107. The van der Waals surface area contributed by atoms with Gasteiger partial charge in [-0.15, -0.1) is 10.2 Å². The molecule has 0 saturated carbocycles. The summed E-state index contributed by atoms with van der Waals surface area (Å²) in [5.41, 5.74) is 2.15. The van der Waals surface area contributed by atoms with Crippen molar-refractivity contribution in [2.24, 2.45) is 4.99 Å². The maximum absolute atomic E-state index is 5.97. The van der Waals surface area contributed by atoms with E-state index in [0.717, 1.165) is 55.5 Å². The van der Waals surface area contributed by atoms with E-state index in [4.69, 9.17) is 9.73 Å². The van der Waals surface area contributed by atoms with Gasteiger partial charge in [0.1, 0.15) is 17.7 Å². The molecule has 146 valence electrons. The second kappa shape index (κ2) is 8.73. The Hall–Kier alpha value is -3.09. The molecule has 0 saturated heterocycles. The van der Waals surface area contributed by atoms with Crippen molar-refractivity contribution in [2.75, 3.05) is 19.6 Å². The van der Waals surface area contributed by atoms with Gasteiger partial charge in [0.25, 0.3) is 0 Å². The number of fused-ring (bicyclic) bond motifs is 2. The Morgan fingerprint density at radius 1 is 1.18 bits per heavy atom. The number of nitrogens with zero attached hydrogens (tertiary/aromatic N) is 4. The van der Waals surface area contributed by atoms with E-state index < -0.39 is 0 Å². The molecule has 0 amide bonds. The Bertz CT molecular complexity index is 926. The number of aryl methyl sites for hydroxylation is 1. The summed E-state index contributed by atoms with van der Waals surface area (Å²) in [6.45, 7) is 4.35. The number of hydrogen-bond acceptors (Lipinski definition) is 4. The molecule has 1 atom stereocenters.